The molecule has 8 nitrogen and oxygen atoms in total. The first-order valence-electron chi connectivity index (χ1n) is 6.15. The Morgan fingerprint density at radius 2 is 2.50 bits per heavy atom. The van der Waals surface area contributed by atoms with E-state index in [0.29, 0.717) is 24.3 Å². The minimum absolute atomic E-state index is 0.0436. The van der Waals surface area contributed by atoms with Crippen molar-refractivity contribution in [2.45, 2.75) is 6.42 Å². The average molecular weight is 274 g/mol. The molecule has 1 atom stereocenters. The van der Waals surface area contributed by atoms with Crippen LogP contribution in [0.15, 0.2) is 23.4 Å². The Morgan fingerprint density at radius 1 is 1.70 bits per heavy atom. The Balaban J connectivity index is 2.26. The molecule has 2 heterocycles. The quantitative estimate of drug-likeness (QED) is 0.504. The van der Waals surface area contributed by atoms with Gasteiger partial charge in [-0.3, -0.25) is 14.5 Å². The van der Waals surface area contributed by atoms with E-state index >= 15 is 0 Å². The lowest BCUT2D eigenvalue weighted by Gasteiger charge is -2.18. The molecule has 1 unspecified atom stereocenters. The highest BCUT2D eigenvalue weighted by Gasteiger charge is 2.32. The minimum atomic E-state index is -0.292. The summed E-state index contributed by atoms with van der Waals surface area (Å²) in [6.45, 7) is 0.666. The Kier molecular flexibility index (Phi) is 4.17. The highest BCUT2D eigenvalue weighted by Crippen LogP contribution is 2.26. The average Bonchev–Trinajstić information content (AvgIpc) is 2.85. The number of nitrogens with one attached hydrogen (secondary N) is 1. The fraction of sp³-hybridized carbons (Fsp3) is 0.417. The Labute approximate surface area is 115 Å². The summed E-state index contributed by atoms with van der Waals surface area (Å²) >= 11 is 0. The number of rotatable bonds is 4. The van der Waals surface area contributed by atoms with Crippen LogP contribution in [0.3, 0.4) is 0 Å². The molecule has 1 fully saturated rings. The second-order valence-electron chi connectivity index (χ2n) is 4.44. The molecular weight excluding hydrogens is 260 g/mol. The summed E-state index contributed by atoms with van der Waals surface area (Å²) in [7, 11) is 1.52. The fourth-order valence-corrected chi connectivity index (χ4v) is 2.18. The molecule has 1 aliphatic heterocycles. The van der Waals surface area contributed by atoms with Crippen molar-refractivity contribution in [3.63, 3.8) is 0 Å². The van der Waals surface area contributed by atoms with Gasteiger partial charge in [0.1, 0.15) is 5.82 Å². The van der Waals surface area contributed by atoms with Crippen molar-refractivity contribution in [3.8, 4) is 0 Å². The van der Waals surface area contributed by atoms with E-state index < -0.39 is 0 Å². The van der Waals surface area contributed by atoms with Crippen LogP contribution in [-0.2, 0) is 4.79 Å². The van der Waals surface area contributed by atoms with Crippen molar-refractivity contribution < 1.29 is 9.59 Å². The number of nitrogens with zero attached hydrogens (tertiary/aromatic N) is 5. The first-order chi connectivity index (χ1) is 9.67. The summed E-state index contributed by atoms with van der Waals surface area (Å²) in [6, 6.07) is 3.27. The zero-order valence-electron chi connectivity index (χ0n) is 11.0. The van der Waals surface area contributed by atoms with Gasteiger partial charge >= 0.3 is 0 Å². The largest absolute Gasteiger partial charge is 0.355 e. The molecule has 0 aliphatic carbocycles. The molecular formula is C12H14N6O2. The third-order valence-electron chi connectivity index (χ3n) is 3.12. The van der Waals surface area contributed by atoms with Gasteiger partial charge in [-0.25, -0.2) is 4.98 Å². The third kappa shape index (κ3) is 2.70. The molecule has 104 valence electrons. The van der Waals surface area contributed by atoms with Gasteiger partial charge in [-0.05, 0) is 23.6 Å². The minimum Gasteiger partial charge on any atom is -0.355 e. The molecule has 1 aromatic heterocycles. The van der Waals surface area contributed by atoms with E-state index in [2.05, 4.69) is 20.3 Å². The number of carbonyl (C=O) groups excluding carboxylic acids is 2. The Bertz CT molecular complexity index is 581. The third-order valence-corrected chi connectivity index (χ3v) is 3.12. The molecule has 1 saturated heterocycles. The van der Waals surface area contributed by atoms with E-state index in [1.54, 1.807) is 12.1 Å². The maximum Gasteiger partial charge on any atom is 0.254 e. The van der Waals surface area contributed by atoms with Crippen molar-refractivity contribution in [1.29, 1.82) is 0 Å². The summed E-state index contributed by atoms with van der Waals surface area (Å²) in [5.41, 5.74) is 8.67. The molecule has 20 heavy (non-hydrogen) atoms. The smallest absolute Gasteiger partial charge is 0.254 e. The first kappa shape index (κ1) is 13.8. The fourth-order valence-electron chi connectivity index (χ4n) is 2.18. The molecule has 1 N–H and O–H groups in total. The van der Waals surface area contributed by atoms with E-state index in [-0.39, 0.29) is 24.3 Å². The topological polar surface area (TPSA) is 111 Å². The van der Waals surface area contributed by atoms with Gasteiger partial charge in [0, 0.05) is 37.7 Å². The van der Waals surface area contributed by atoms with Crippen LogP contribution in [0.25, 0.3) is 10.4 Å². The number of pyridine rings is 1. The normalized spacial score (nSPS) is 17.8. The van der Waals surface area contributed by atoms with Crippen LogP contribution < -0.4 is 10.2 Å². The summed E-state index contributed by atoms with van der Waals surface area (Å²) < 4.78 is 0. The van der Waals surface area contributed by atoms with Crippen LogP contribution in [0.2, 0.25) is 0 Å². The van der Waals surface area contributed by atoms with Gasteiger partial charge in [0.15, 0.2) is 0 Å². The van der Waals surface area contributed by atoms with Gasteiger partial charge in [-0.1, -0.05) is 5.11 Å². The summed E-state index contributed by atoms with van der Waals surface area (Å²) in [6.07, 6.45) is 1.83. The summed E-state index contributed by atoms with van der Waals surface area (Å²) in [5, 5.41) is 6.01. The highest BCUT2D eigenvalue weighted by atomic mass is 16.2. The lowest BCUT2D eigenvalue weighted by Crippen LogP contribution is -2.30. The first-order valence-corrected chi connectivity index (χ1v) is 6.15. The van der Waals surface area contributed by atoms with Crippen molar-refractivity contribution in [2.24, 2.45) is 11.0 Å². The van der Waals surface area contributed by atoms with Gasteiger partial charge < -0.3 is 5.32 Å². The van der Waals surface area contributed by atoms with Crippen molar-refractivity contribution >= 4 is 17.6 Å². The zero-order chi connectivity index (χ0) is 14.5. The standard InChI is InChI=1S/C12H14N6O2/c1-14-12(20)9-3-2-4-15-11(9)18-7-8(5-10(18)19)6-16-17-13/h2-4,8H,5-7H2,1H3,(H,14,20). The molecule has 1 aliphatic rings. The van der Waals surface area contributed by atoms with Crippen LogP contribution >= 0.6 is 0 Å². The lowest BCUT2D eigenvalue weighted by atomic mass is 10.1. The Morgan fingerprint density at radius 3 is 3.20 bits per heavy atom. The number of carbonyl (C=O) groups is 2. The van der Waals surface area contributed by atoms with Crippen molar-refractivity contribution in [1.82, 2.24) is 10.3 Å². The molecule has 1 aromatic rings. The molecule has 8 heteroatoms. The molecule has 0 radical (unpaired) electrons. The summed E-state index contributed by atoms with van der Waals surface area (Å²) in [5.74, 6) is -0.107. The molecule has 2 amide bonds. The Hall–Kier alpha value is -2.60. The number of azide groups is 1. The highest BCUT2D eigenvalue weighted by molar-refractivity contribution is 6.04. The summed E-state index contributed by atoms with van der Waals surface area (Å²) in [4.78, 5) is 32.1. The van der Waals surface area contributed by atoms with Gasteiger partial charge in [0.2, 0.25) is 5.91 Å². The van der Waals surface area contributed by atoms with Gasteiger partial charge in [-0.15, -0.1) is 0 Å². The maximum atomic E-state index is 12.0. The van der Waals surface area contributed by atoms with Crippen molar-refractivity contribution in [2.75, 3.05) is 25.0 Å². The molecule has 2 rings (SSSR count). The number of aromatic nitrogens is 1. The van der Waals surface area contributed by atoms with Gasteiger partial charge in [0.25, 0.3) is 5.91 Å². The number of anilines is 1. The van der Waals surface area contributed by atoms with E-state index in [9.17, 15) is 9.59 Å². The van der Waals surface area contributed by atoms with Crippen LogP contribution in [0.5, 0.6) is 0 Å². The van der Waals surface area contributed by atoms with Gasteiger partial charge in [0.05, 0.1) is 5.56 Å². The number of hydrogen-bond acceptors (Lipinski definition) is 4. The SMILES string of the molecule is CNC(=O)c1cccnc1N1CC(CN=[N+]=[N-])CC1=O. The maximum absolute atomic E-state index is 12.0. The molecule has 0 saturated carbocycles. The predicted octanol–water partition coefficient (Wildman–Crippen LogP) is 1.10. The molecule has 0 spiro atoms. The lowest BCUT2D eigenvalue weighted by molar-refractivity contribution is -0.117. The molecule has 0 aromatic carbocycles. The predicted molar refractivity (Wildman–Crippen MR) is 72.1 cm³/mol. The van der Waals surface area contributed by atoms with E-state index in [4.69, 9.17) is 5.53 Å². The number of amides is 2. The van der Waals surface area contributed by atoms with Crippen LogP contribution in [-0.4, -0.2) is 36.9 Å². The van der Waals surface area contributed by atoms with Crippen LogP contribution in [0.4, 0.5) is 5.82 Å². The second-order valence-corrected chi connectivity index (χ2v) is 4.44. The van der Waals surface area contributed by atoms with E-state index in [0.717, 1.165) is 0 Å². The van der Waals surface area contributed by atoms with E-state index in [1.807, 2.05) is 0 Å². The van der Waals surface area contributed by atoms with Crippen LogP contribution in [0.1, 0.15) is 16.8 Å². The van der Waals surface area contributed by atoms with Crippen LogP contribution in [0, 0.1) is 5.92 Å². The van der Waals surface area contributed by atoms with E-state index in [1.165, 1.54) is 18.1 Å². The molecule has 0 bridgehead atoms. The second kappa shape index (κ2) is 6.03. The number of hydrogen-bond donors (Lipinski definition) is 1. The monoisotopic (exact) mass is 274 g/mol. The van der Waals surface area contributed by atoms with Crippen molar-refractivity contribution in [3.05, 3.63) is 34.3 Å². The van der Waals surface area contributed by atoms with Gasteiger partial charge in [-0.2, -0.15) is 0 Å². The zero-order valence-corrected chi connectivity index (χ0v) is 11.0.